The van der Waals surface area contributed by atoms with Crippen LogP contribution < -0.4 is 16.2 Å². The van der Waals surface area contributed by atoms with Gasteiger partial charge in [0.15, 0.2) is 5.60 Å². The van der Waals surface area contributed by atoms with Gasteiger partial charge in [-0.15, -0.1) is 0 Å². The highest BCUT2D eigenvalue weighted by atomic mass is 32.2. The molecule has 8 heteroatoms. The minimum atomic E-state index is -1.01. The Morgan fingerprint density at radius 3 is 2.45 bits per heavy atom. The van der Waals surface area contributed by atoms with Crippen molar-refractivity contribution in [3.05, 3.63) is 95.6 Å². The summed E-state index contributed by atoms with van der Waals surface area (Å²) in [5, 5.41) is 9.06. The van der Waals surface area contributed by atoms with E-state index >= 15 is 0 Å². The minimum Gasteiger partial charge on any atom is -0.480 e. The molecule has 1 amide bonds. The van der Waals surface area contributed by atoms with Crippen molar-refractivity contribution in [2.75, 3.05) is 13.1 Å². The monoisotopic (exact) mass is 463 g/mol. The van der Waals surface area contributed by atoms with Crippen molar-refractivity contribution in [1.29, 1.82) is 0 Å². The molecule has 1 aliphatic heterocycles. The lowest BCUT2D eigenvalue weighted by atomic mass is 9.87. The maximum Gasteiger partial charge on any atom is 0.320 e. The molecule has 7 nitrogen and oxygen atoms in total. The third kappa shape index (κ3) is 5.36. The van der Waals surface area contributed by atoms with Gasteiger partial charge in [0.05, 0.1) is 13.1 Å². The van der Waals surface area contributed by atoms with Crippen LogP contribution in [0.2, 0.25) is 0 Å². The number of benzene rings is 3. The van der Waals surface area contributed by atoms with Crippen molar-refractivity contribution < 1.29 is 19.4 Å². The first kappa shape index (κ1) is 22.8. The lowest BCUT2D eigenvalue weighted by molar-refractivity contribution is -0.138. The van der Waals surface area contributed by atoms with Gasteiger partial charge >= 0.3 is 5.97 Å². The maximum absolute atomic E-state index is 11.6. The van der Waals surface area contributed by atoms with Crippen molar-refractivity contribution in [3.63, 3.8) is 0 Å². The molecule has 3 aromatic rings. The molecule has 0 aliphatic carbocycles. The van der Waals surface area contributed by atoms with Crippen molar-refractivity contribution in [3.8, 4) is 5.75 Å². The molecule has 0 saturated carbocycles. The van der Waals surface area contributed by atoms with Crippen molar-refractivity contribution in [2.45, 2.75) is 23.0 Å². The van der Waals surface area contributed by atoms with Crippen LogP contribution >= 0.6 is 11.9 Å². The van der Waals surface area contributed by atoms with Gasteiger partial charge in [-0.3, -0.25) is 9.59 Å². The largest absolute Gasteiger partial charge is 0.480 e. The summed E-state index contributed by atoms with van der Waals surface area (Å²) < 4.78 is 8.62. The molecule has 1 heterocycles. The molecule has 0 radical (unpaired) electrons. The quantitative estimate of drug-likeness (QED) is 0.417. The zero-order chi connectivity index (χ0) is 23.4. The highest BCUT2D eigenvalue weighted by Gasteiger charge is 2.47. The number of carbonyl (C=O) groups is 2. The smallest absolute Gasteiger partial charge is 0.320 e. The number of carbonyl (C=O) groups excluding carboxylic acids is 1. The number of nitrogens with zero attached hydrogens (tertiary/aromatic N) is 1. The maximum atomic E-state index is 11.6. The third-order valence-corrected chi connectivity index (χ3v) is 6.48. The summed E-state index contributed by atoms with van der Waals surface area (Å²) in [4.78, 5) is 23.6. The molecule has 3 aromatic carbocycles. The second-order valence-electron chi connectivity index (χ2n) is 8.04. The summed E-state index contributed by atoms with van der Waals surface area (Å²) in [5.74, 6) is -0.923. The van der Waals surface area contributed by atoms with Crippen molar-refractivity contribution >= 4 is 23.8 Å². The number of amides is 1. The Hall–Kier alpha value is -3.33. The van der Waals surface area contributed by atoms with Gasteiger partial charge in [0, 0.05) is 10.5 Å². The number of rotatable bonds is 9. The van der Waals surface area contributed by atoms with E-state index in [9.17, 15) is 9.59 Å². The van der Waals surface area contributed by atoms with Crippen LogP contribution in [0.25, 0.3) is 0 Å². The van der Waals surface area contributed by atoms with E-state index in [0.29, 0.717) is 24.4 Å². The molecule has 170 valence electrons. The average molecular weight is 464 g/mol. The molecule has 5 N–H and O–H groups in total. The molecule has 4 rings (SSSR count). The van der Waals surface area contributed by atoms with Gasteiger partial charge < -0.3 is 21.3 Å². The summed E-state index contributed by atoms with van der Waals surface area (Å²) in [6.45, 7) is 1.25. The molecule has 1 unspecified atom stereocenters. The first-order valence-electron chi connectivity index (χ1n) is 10.5. The number of carboxylic acid groups (broad SMARTS) is 1. The molecular weight excluding hydrogens is 438 g/mol. The van der Waals surface area contributed by atoms with Gasteiger partial charge in [0.25, 0.3) is 0 Å². The van der Waals surface area contributed by atoms with E-state index in [-0.39, 0.29) is 6.42 Å². The normalized spacial score (nSPS) is 15.9. The lowest BCUT2D eigenvalue weighted by Gasteiger charge is -2.49. The number of nitrogens with two attached hydrogens (primary N) is 2. The van der Waals surface area contributed by atoms with Crippen LogP contribution in [-0.4, -0.2) is 40.4 Å². The first-order chi connectivity index (χ1) is 15.8. The van der Waals surface area contributed by atoms with Gasteiger partial charge in [-0.2, -0.15) is 0 Å². The van der Waals surface area contributed by atoms with Gasteiger partial charge in [0.1, 0.15) is 11.8 Å². The molecule has 1 fully saturated rings. The standard InChI is InChI=1S/C25H25N3O4S/c26-22(24(30)31)13-17-6-4-11-21(12-17)33-28-15-25(16-28,19-8-2-1-3-9-19)32-20-10-5-7-18(14-20)23(27)29/h1-12,14,22H,13,15-16,26H2,(H2,27,29)(H,30,31). The lowest BCUT2D eigenvalue weighted by Crippen LogP contribution is -2.59. The summed E-state index contributed by atoms with van der Waals surface area (Å²) >= 11 is 1.59. The highest BCUT2D eigenvalue weighted by Crippen LogP contribution is 2.42. The zero-order valence-electron chi connectivity index (χ0n) is 17.9. The molecule has 33 heavy (non-hydrogen) atoms. The molecule has 0 spiro atoms. The zero-order valence-corrected chi connectivity index (χ0v) is 18.7. The molecule has 1 atom stereocenters. The Morgan fingerprint density at radius 2 is 1.76 bits per heavy atom. The fourth-order valence-electron chi connectivity index (χ4n) is 3.79. The van der Waals surface area contributed by atoms with Crippen LogP contribution in [0.4, 0.5) is 0 Å². The molecule has 0 bridgehead atoms. The molecule has 0 aromatic heterocycles. The highest BCUT2D eigenvalue weighted by molar-refractivity contribution is 7.97. The number of primary amides is 1. The topological polar surface area (TPSA) is 119 Å². The number of hydrogen-bond donors (Lipinski definition) is 3. The summed E-state index contributed by atoms with van der Waals surface area (Å²) in [6, 6.07) is 23.7. The fraction of sp³-hybridized carbons (Fsp3) is 0.200. The second-order valence-corrected chi connectivity index (χ2v) is 9.21. The summed E-state index contributed by atoms with van der Waals surface area (Å²) in [5.41, 5.74) is 12.9. The van der Waals surface area contributed by atoms with Crippen molar-refractivity contribution in [1.82, 2.24) is 4.31 Å². The van der Waals surface area contributed by atoms with Gasteiger partial charge in [0.2, 0.25) is 5.91 Å². The number of aliphatic carboxylic acids is 1. The number of ether oxygens (including phenoxy) is 1. The Kier molecular flexibility index (Phi) is 6.69. The van der Waals surface area contributed by atoms with Crippen LogP contribution in [0, 0.1) is 0 Å². The average Bonchev–Trinajstić information content (AvgIpc) is 2.78. The van der Waals surface area contributed by atoms with E-state index in [1.54, 1.807) is 30.1 Å². The Bertz CT molecular complexity index is 1150. The summed E-state index contributed by atoms with van der Waals surface area (Å²) in [7, 11) is 0. The fourth-order valence-corrected chi connectivity index (χ4v) is 4.98. The van der Waals surface area contributed by atoms with E-state index in [0.717, 1.165) is 16.0 Å². The van der Waals surface area contributed by atoms with Crippen LogP contribution in [0.5, 0.6) is 5.75 Å². The predicted molar refractivity (Wildman–Crippen MR) is 127 cm³/mol. The van der Waals surface area contributed by atoms with Crippen LogP contribution in [0.1, 0.15) is 21.5 Å². The Labute approximate surface area is 196 Å². The van der Waals surface area contributed by atoms with E-state index < -0.39 is 23.5 Å². The Morgan fingerprint density at radius 1 is 1.03 bits per heavy atom. The van der Waals surface area contributed by atoms with Crippen LogP contribution in [-0.2, 0) is 16.8 Å². The van der Waals surface area contributed by atoms with E-state index in [2.05, 4.69) is 4.31 Å². The molecule has 1 saturated heterocycles. The number of carboxylic acids is 1. The predicted octanol–water partition coefficient (Wildman–Crippen LogP) is 3.04. The SMILES string of the molecule is NC(=O)c1cccc(OC2(c3ccccc3)CN(Sc3cccc(CC(N)C(=O)O)c3)C2)c1. The van der Waals surface area contributed by atoms with Gasteiger partial charge in [-0.25, -0.2) is 4.31 Å². The number of hydrogen-bond acceptors (Lipinski definition) is 6. The third-order valence-electron chi connectivity index (χ3n) is 5.50. The van der Waals surface area contributed by atoms with Gasteiger partial charge in [-0.1, -0.05) is 48.5 Å². The minimum absolute atomic E-state index is 0.275. The van der Waals surface area contributed by atoms with Crippen LogP contribution in [0.3, 0.4) is 0 Å². The van der Waals surface area contributed by atoms with E-state index in [1.807, 2.05) is 60.7 Å². The van der Waals surface area contributed by atoms with E-state index in [1.165, 1.54) is 0 Å². The molecule has 1 aliphatic rings. The summed E-state index contributed by atoms with van der Waals surface area (Å²) in [6.07, 6.45) is 0.275. The first-order valence-corrected chi connectivity index (χ1v) is 11.3. The second kappa shape index (κ2) is 9.66. The van der Waals surface area contributed by atoms with Crippen LogP contribution in [0.15, 0.2) is 83.8 Å². The molecular formula is C25H25N3O4S. The Balaban J connectivity index is 1.49. The van der Waals surface area contributed by atoms with E-state index in [4.69, 9.17) is 21.3 Å². The van der Waals surface area contributed by atoms with Crippen molar-refractivity contribution in [2.24, 2.45) is 11.5 Å². The van der Waals surface area contributed by atoms with Gasteiger partial charge in [-0.05, 0) is 59.8 Å².